The third-order valence-electron chi connectivity index (χ3n) is 2.84. The second kappa shape index (κ2) is 6.73. The van der Waals surface area contributed by atoms with Crippen molar-refractivity contribution in [1.82, 2.24) is 5.32 Å². The minimum absolute atomic E-state index is 0.0893. The van der Waals surface area contributed by atoms with E-state index >= 15 is 0 Å². The van der Waals surface area contributed by atoms with E-state index < -0.39 is 12.0 Å². The van der Waals surface area contributed by atoms with Gasteiger partial charge >= 0.3 is 12.0 Å². The zero-order chi connectivity index (χ0) is 15.4. The fourth-order valence-electron chi connectivity index (χ4n) is 1.75. The van der Waals surface area contributed by atoms with Gasteiger partial charge in [0.15, 0.2) is 0 Å². The number of carbonyl (C=O) groups excluding carboxylic acids is 1. The fraction of sp³-hybridized carbons (Fsp3) is 0.143. The third-order valence-corrected chi connectivity index (χ3v) is 4.20. The maximum absolute atomic E-state index is 11.9. The zero-order valence-electron chi connectivity index (χ0n) is 11.1. The van der Waals surface area contributed by atoms with Gasteiger partial charge in [0.05, 0.1) is 11.6 Å². The van der Waals surface area contributed by atoms with Crippen molar-refractivity contribution in [2.45, 2.75) is 13.0 Å². The van der Waals surface area contributed by atoms with Gasteiger partial charge in [-0.25, -0.2) is 9.59 Å². The van der Waals surface area contributed by atoms with Crippen LogP contribution in [-0.2, 0) is 0 Å². The van der Waals surface area contributed by atoms with Crippen LogP contribution in [-0.4, -0.2) is 17.1 Å². The van der Waals surface area contributed by atoms with Gasteiger partial charge in [0, 0.05) is 4.47 Å². The van der Waals surface area contributed by atoms with Crippen molar-refractivity contribution >= 4 is 44.3 Å². The first kappa shape index (κ1) is 15.5. The van der Waals surface area contributed by atoms with Crippen molar-refractivity contribution in [3.63, 3.8) is 0 Å². The second-order valence-corrected chi connectivity index (χ2v) is 6.17. The fourth-order valence-corrected chi connectivity index (χ4v) is 2.78. The highest BCUT2D eigenvalue weighted by molar-refractivity contribution is 9.10. The van der Waals surface area contributed by atoms with E-state index in [1.54, 1.807) is 5.38 Å². The molecule has 0 radical (unpaired) electrons. The van der Waals surface area contributed by atoms with Crippen LogP contribution in [0.5, 0.6) is 0 Å². The molecule has 0 aliphatic heterocycles. The number of nitrogens with one attached hydrogen (secondary N) is 2. The zero-order valence-corrected chi connectivity index (χ0v) is 13.5. The van der Waals surface area contributed by atoms with Crippen LogP contribution in [0.4, 0.5) is 9.80 Å². The number of carboxylic acids is 1. The molecule has 21 heavy (non-hydrogen) atoms. The quantitative estimate of drug-likeness (QED) is 0.760. The van der Waals surface area contributed by atoms with Crippen LogP contribution in [0.1, 0.15) is 28.9 Å². The van der Waals surface area contributed by atoms with Crippen molar-refractivity contribution in [3.05, 3.63) is 51.3 Å². The minimum atomic E-state index is -1.06. The molecule has 2 amide bonds. The first-order valence-electron chi connectivity index (χ1n) is 6.11. The summed E-state index contributed by atoms with van der Waals surface area (Å²) in [5, 5.41) is 16.3. The molecule has 0 bridgehead atoms. The van der Waals surface area contributed by atoms with Gasteiger partial charge < -0.3 is 10.4 Å². The number of carboxylic acid groups (broad SMARTS) is 1. The van der Waals surface area contributed by atoms with Gasteiger partial charge in [0.2, 0.25) is 0 Å². The SMILES string of the molecule is CC(NC(=O)Nc1sccc1C(=O)O)c1ccc(Br)cc1. The molecule has 1 atom stereocenters. The van der Waals surface area contributed by atoms with E-state index in [0.717, 1.165) is 10.0 Å². The van der Waals surface area contributed by atoms with Crippen molar-refractivity contribution in [1.29, 1.82) is 0 Å². The molecule has 1 aromatic carbocycles. The maximum atomic E-state index is 11.9. The van der Waals surface area contributed by atoms with Crippen LogP contribution < -0.4 is 10.6 Å². The van der Waals surface area contributed by atoms with Gasteiger partial charge in [-0.3, -0.25) is 5.32 Å². The first-order chi connectivity index (χ1) is 9.97. The van der Waals surface area contributed by atoms with Crippen molar-refractivity contribution < 1.29 is 14.7 Å². The minimum Gasteiger partial charge on any atom is -0.478 e. The lowest BCUT2D eigenvalue weighted by Gasteiger charge is -2.15. The smallest absolute Gasteiger partial charge is 0.338 e. The van der Waals surface area contributed by atoms with E-state index in [1.807, 2.05) is 31.2 Å². The Morgan fingerprint density at radius 3 is 2.52 bits per heavy atom. The number of hydrogen-bond donors (Lipinski definition) is 3. The van der Waals surface area contributed by atoms with Crippen LogP contribution in [0.15, 0.2) is 40.2 Å². The van der Waals surface area contributed by atoms with Crippen LogP contribution in [0.3, 0.4) is 0 Å². The number of anilines is 1. The van der Waals surface area contributed by atoms with E-state index in [2.05, 4.69) is 26.6 Å². The Kier molecular flexibility index (Phi) is 4.98. The molecule has 7 heteroatoms. The Morgan fingerprint density at radius 2 is 1.90 bits per heavy atom. The molecule has 3 N–H and O–H groups in total. The lowest BCUT2D eigenvalue weighted by molar-refractivity contribution is 0.0698. The molecule has 0 aliphatic carbocycles. The number of carbonyl (C=O) groups is 2. The Morgan fingerprint density at radius 1 is 1.24 bits per heavy atom. The lowest BCUT2D eigenvalue weighted by Crippen LogP contribution is -2.31. The van der Waals surface area contributed by atoms with Gasteiger partial charge in [0.25, 0.3) is 0 Å². The van der Waals surface area contributed by atoms with Gasteiger partial charge in [-0.15, -0.1) is 11.3 Å². The predicted molar refractivity (Wildman–Crippen MR) is 86.0 cm³/mol. The summed E-state index contributed by atoms with van der Waals surface area (Å²) in [6.45, 7) is 1.86. The Hall–Kier alpha value is -1.86. The average Bonchev–Trinajstić information content (AvgIpc) is 2.87. The van der Waals surface area contributed by atoms with Crippen LogP contribution in [0, 0.1) is 0 Å². The number of rotatable bonds is 4. The molecule has 0 saturated heterocycles. The molecule has 2 aromatic rings. The van der Waals surface area contributed by atoms with Gasteiger partial charge in [-0.05, 0) is 36.1 Å². The molecule has 110 valence electrons. The highest BCUT2D eigenvalue weighted by atomic mass is 79.9. The van der Waals surface area contributed by atoms with Crippen molar-refractivity contribution in [2.24, 2.45) is 0 Å². The molecule has 0 aliphatic rings. The number of thiophene rings is 1. The Bertz CT molecular complexity index is 654. The second-order valence-electron chi connectivity index (χ2n) is 4.34. The largest absolute Gasteiger partial charge is 0.478 e. The summed E-state index contributed by atoms with van der Waals surface area (Å²) in [5.41, 5.74) is 1.05. The monoisotopic (exact) mass is 368 g/mol. The summed E-state index contributed by atoms with van der Waals surface area (Å²) < 4.78 is 0.965. The number of halogens is 1. The number of aromatic carboxylic acids is 1. The van der Waals surface area contributed by atoms with Crippen molar-refractivity contribution in [3.8, 4) is 0 Å². The van der Waals surface area contributed by atoms with Crippen LogP contribution in [0.2, 0.25) is 0 Å². The third kappa shape index (κ3) is 4.05. The summed E-state index contributed by atoms with van der Waals surface area (Å²) in [6, 6.07) is 8.44. The lowest BCUT2D eigenvalue weighted by atomic mass is 10.1. The summed E-state index contributed by atoms with van der Waals surface area (Å²) in [4.78, 5) is 22.9. The molecule has 0 saturated carbocycles. The normalized spacial score (nSPS) is 11.7. The van der Waals surface area contributed by atoms with E-state index in [9.17, 15) is 9.59 Å². The topological polar surface area (TPSA) is 78.4 Å². The van der Waals surface area contributed by atoms with E-state index in [1.165, 1.54) is 17.4 Å². The number of urea groups is 1. The molecule has 0 spiro atoms. The Balaban J connectivity index is 1.99. The first-order valence-corrected chi connectivity index (χ1v) is 7.78. The summed E-state index contributed by atoms with van der Waals surface area (Å²) >= 11 is 4.52. The molecule has 0 fully saturated rings. The van der Waals surface area contributed by atoms with E-state index in [-0.39, 0.29) is 11.6 Å². The Labute approximate surface area is 134 Å². The van der Waals surface area contributed by atoms with E-state index in [0.29, 0.717) is 5.00 Å². The molecule has 1 aromatic heterocycles. The van der Waals surface area contributed by atoms with E-state index in [4.69, 9.17) is 5.11 Å². The number of benzene rings is 1. The highest BCUT2D eigenvalue weighted by Crippen LogP contribution is 2.23. The van der Waals surface area contributed by atoms with Crippen molar-refractivity contribution in [2.75, 3.05) is 5.32 Å². The van der Waals surface area contributed by atoms with Gasteiger partial charge in [0.1, 0.15) is 5.00 Å². The molecule has 2 rings (SSSR count). The standard InChI is InChI=1S/C14H13BrN2O3S/c1-8(9-2-4-10(15)5-3-9)16-14(20)17-12-11(13(18)19)6-7-21-12/h2-8H,1H3,(H,18,19)(H2,16,17,20). The summed E-state index contributed by atoms with van der Waals surface area (Å²) in [7, 11) is 0. The highest BCUT2D eigenvalue weighted by Gasteiger charge is 2.15. The molecular formula is C14H13BrN2O3S. The molecule has 1 heterocycles. The summed E-state index contributed by atoms with van der Waals surface area (Å²) in [5.74, 6) is -1.06. The average molecular weight is 369 g/mol. The predicted octanol–water partition coefficient (Wildman–Crippen LogP) is 4.09. The molecule has 5 nitrogen and oxygen atoms in total. The molecule has 1 unspecified atom stereocenters. The number of amides is 2. The molecular weight excluding hydrogens is 356 g/mol. The maximum Gasteiger partial charge on any atom is 0.338 e. The van der Waals surface area contributed by atoms with Gasteiger partial charge in [-0.1, -0.05) is 28.1 Å². The van der Waals surface area contributed by atoms with Crippen LogP contribution >= 0.6 is 27.3 Å². The summed E-state index contributed by atoms with van der Waals surface area (Å²) in [6.07, 6.45) is 0. The van der Waals surface area contributed by atoms with Crippen LogP contribution in [0.25, 0.3) is 0 Å². The number of hydrogen-bond acceptors (Lipinski definition) is 3. The van der Waals surface area contributed by atoms with Gasteiger partial charge in [-0.2, -0.15) is 0 Å².